The van der Waals surface area contributed by atoms with Gasteiger partial charge in [0.1, 0.15) is 23.8 Å². The maximum atomic E-state index is 5.45. The van der Waals surface area contributed by atoms with Crippen molar-refractivity contribution in [1.82, 2.24) is 19.5 Å². The lowest BCUT2D eigenvalue weighted by molar-refractivity contribution is 0.842. The number of aryl methyl sites for hydroxylation is 1. The molecular formula is C11H16N6. The molecule has 0 aromatic carbocycles. The van der Waals surface area contributed by atoms with Gasteiger partial charge in [0.25, 0.3) is 0 Å². The highest BCUT2D eigenvalue weighted by Crippen LogP contribution is 2.20. The first-order valence-corrected chi connectivity index (χ1v) is 5.64. The van der Waals surface area contributed by atoms with E-state index in [1.807, 2.05) is 17.7 Å². The van der Waals surface area contributed by atoms with Crippen LogP contribution in [0.15, 0.2) is 18.7 Å². The molecule has 0 aliphatic carbocycles. The fourth-order valence-corrected chi connectivity index (χ4v) is 1.85. The fourth-order valence-electron chi connectivity index (χ4n) is 1.85. The topological polar surface area (TPSA) is 81.6 Å². The van der Waals surface area contributed by atoms with E-state index < -0.39 is 0 Å². The zero-order valence-electron chi connectivity index (χ0n) is 10.0. The first-order valence-electron chi connectivity index (χ1n) is 5.64. The van der Waals surface area contributed by atoms with E-state index in [1.165, 1.54) is 6.33 Å². The zero-order valence-corrected chi connectivity index (χ0v) is 10.0. The molecule has 0 atom stereocenters. The summed E-state index contributed by atoms with van der Waals surface area (Å²) in [6, 6.07) is 0. The van der Waals surface area contributed by atoms with Gasteiger partial charge in [0.05, 0.1) is 0 Å². The van der Waals surface area contributed by atoms with Gasteiger partial charge in [0, 0.05) is 24.4 Å². The van der Waals surface area contributed by atoms with Gasteiger partial charge in [-0.25, -0.2) is 20.8 Å². The summed E-state index contributed by atoms with van der Waals surface area (Å²) in [4.78, 5) is 12.7. The summed E-state index contributed by atoms with van der Waals surface area (Å²) < 4.78 is 1.97. The largest absolute Gasteiger partial charge is 0.308 e. The van der Waals surface area contributed by atoms with Crippen LogP contribution in [-0.4, -0.2) is 19.5 Å². The summed E-state index contributed by atoms with van der Waals surface area (Å²) in [7, 11) is 0. The average Bonchev–Trinajstić information content (AvgIpc) is 2.85. The quantitative estimate of drug-likeness (QED) is 0.608. The van der Waals surface area contributed by atoms with Gasteiger partial charge in [-0.05, 0) is 6.42 Å². The van der Waals surface area contributed by atoms with Crippen molar-refractivity contribution >= 4 is 5.82 Å². The Labute approximate surface area is 99.9 Å². The SMILES string of the molecule is CCc1c(NN)ncnc1-n1ccnc1CC. The highest BCUT2D eigenvalue weighted by Gasteiger charge is 2.12. The number of imidazole rings is 1. The van der Waals surface area contributed by atoms with Crippen LogP contribution >= 0.6 is 0 Å². The van der Waals surface area contributed by atoms with Gasteiger partial charge in [-0.2, -0.15) is 0 Å². The smallest absolute Gasteiger partial charge is 0.148 e. The molecule has 0 fully saturated rings. The van der Waals surface area contributed by atoms with Gasteiger partial charge < -0.3 is 5.43 Å². The van der Waals surface area contributed by atoms with Crippen molar-refractivity contribution in [3.8, 4) is 5.82 Å². The van der Waals surface area contributed by atoms with Crippen LogP contribution in [0, 0.1) is 0 Å². The number of nitrogens with one attached hydrogen (secondary N) is 1. The maximum Gasteiger partial charge on any atom is 0.148 e. The van der Waals surface area contributed by atoms with E-state index >= 15 is 0 Å². The summed E-state index contributed by atoms with van der Waals surface area (Å²) in [6.45, 7) is 4.11. The number of hydrogen-bond acceptors (Lipinski definition) is 5. The Bertz CT molecular complexity index is 504. The van der Waals surface area contributed by atoms with Crippen LogP contribution in [0.1, 0.15) is 25.2 Å². The van der Waals surface area contributed by atoms with E-state index in [0.29, 0.717) is 5.82 Å². The number of nitrogens with two attached hydrogens (primary N) is 1. The number of hydrogen-bond donors (Lipinski definition) is 2. The molecule has 2 heterocycles. The van der Waals surface area contributed by atoms with Crippen molar-refractivity contribution in [2.45, 2.75) is 26.7 Å². The number of hydrazine groups is 1. The zero-order chi connectivity index (χ0) is 12.3. The Hall–Kier alpha value is -1.95. The molecule has 2 rings (SSSR count). The van der Waals surface area contributed by atoms with E-state index in [1.54, 1.807) is 6.20 Å². The number of nitrogen functional groups attached to an aromatic ring is 1. The molecule has 2 aromatic rings. The molecule has 0 unspecified atom stereocenters. The molecule has 0 amide bonds. The van der Waals surface area contributed by atoms with E-state index in [0.717, 1.165) is 30.0 Å². The monoisotopic (exact) mass is 232 g/mol. The second kappa shape index (κ2) is 4.92. The predicted octanol–water partition coefficient (Wildman–Crippen LogP) is 1.07. The summed E-state index contributed by atoms with van der Waals surface area (Å²) in [5.74, 6) is 7.93. The molecule has 0 saturated heterocycles. The lowest BCUT2D eigenvalue weighted by Crippen LogP contribution is -2.14. The number of aromatic nitrogens is 4. The number of nitrogens with zero attached hydrogens (tertiary/aromatic N) is 4. The van der Waals surface area contributed by atoms with Crippen molar-refractivity contribution in [3.63, 3.8) is 0 Å². The molecule has 0 spiro atoms. The first kappa shape index (κ1) is 11.5. The molecular weight excluding hydrogens is 216 g/mol. The fraction of sp³-hybridized carbons (Fsp3) is 0.364. The van der Waals surface area contributed by atoms with Crippen LogP contribution < -0.4 is 11.3 Å². The van der Waals surface area contributed by atoms with Gasteiger partial charge in [0.2, 0.25) is 0 Å². The van der Waals surface area contributed by atoms with E-state index in [4.69, 9.17) is 5.84 Å². The summed E-state index contributed by atoms with van der Waals surface area (Å²) in [5, 5.41) is 0. The minimum absolute atomic E-state index is 0.660. The second-order valence-electron chi connectivity index (χ2n) is 3.59. The van der Waals surface area contributed by atoms with Gasteiger partial charge >= 0.3 is 0 Å². The normalized spacial score (nSPS) is 10.5. The highest BCUT2D eigenvalue weighted by atomic mass is 15.3. The molecule has 3 N–H and O–H groups in total. The maximum absolute atomic E-state index is 5.45. The summed E-state index contributed by atoms with van der Waals surface area (Å²) >= 11 is 0. The van der Waals surface area contributed by atoms with Gasteiger partial charge in [-0.15, -0.1) is 0 Å². The molecule has 90 valence electrons. The summed E-state index contributed by atoms with van der Waals surface area (Å²) in [6.07, 6.45) is 6.84. The van der Waals surface area contributed by atoms with Crippen LogP contribution in [0.25, 0.3) is 5.82 Å². The first-order chi connectivity index (χ1) is 8.31. The molecule has 6 heteroatoms. The van der Waals surface area contributed by atoms with Crippen molar-refractivity contribution in [2.24, 2.45) is 5.84 Å². The molecule has 0 radical (unpaired) electrons. The van der Waals surface area contributed by atoms with Crippen molar-refractivity contribution in [1.29, 1.82) is 0 Å². The molecule has 2 aromatic heterocycles. The minimum atomic E-state index is 0.660. The third-order valence-corrected chi connectivity index (χ3v) is 2.67. The van der Waals surface area contributed by atoms with E-state index in [-0.39, 0.29) is 0 Å². The van der Waals surface area contributed by atoms with Gasteiger partial charge in [-0.3, -0.25) is 4.57 Å². The van der Waals surface area contributed by atoms with Crippen LogP contribution in [0.5, 0.6) is 0 Å². The molecule has 17 heavy (non-hydrogen) atoms. The Balaban J connectivity index is 2.59. The number of rotatable bonds is 4. The highest BCUT2D eigenvalue weighted by molar-refractivity contribution is 5.51. The van der Waals surface area contributed by atoms with Crippen molar-refractivity contribution in [2.75, 3.05) is 5.43 Å². The van der Waals surface area contributed by atoms with Crippen LogP contribution in [0.4, 0.5) is 5.82 Å². The Morgan fingerprint density at radius 1 is 1.24 bits per heavy atom. The predicted molar refractivity (Wildman–Crippen MR) is 65.7 cm³/mol. The van der Waals surface area contributed by atoms with Crippen LogP contribution in [0.3, 0.4) is 0 Å². The van der Waals surface area contributed by atoms with Gasteiger partial charge in [-0.1, -0.05) is 13.8 Å². The Kier molecular flexibility index (Phi) is 3.34. The number of anilines is 1. The standard InChI is InChI=1S/C11H16N6/c1-3-8-10(16-12)14-7-15-11(8)17-6-5-13-9(17)4-2/h5-7H,3-4,12H2,1-2H3,(H,14,15,16). The van der Waals surface area contributed by atoms with Gasteiger partial charge in [0.15, 0.2) is 0 Å². The summed E-state index contributed by atoms with van der Waals surface area (Å²) in [5.41, 5.74) is 3.59. The molecule has 6 nitrogen and oxygen atoms in total. The third-order valence-electron chi connectivity index (χ3n) is 2.67. The molecule has 0 bridgehead atoms. The minimum Gasteiger partial charge on any atom is -0.308 e. The Morgan fingerprint density at radius 2 is 2.06 bits per heavy atom. The second-order valence-corrected chi connectivity index (χ2v) is 3.59. The lowest BCUT2D eigenvalue weighted by atomic mass is 10.2. The van der Waals surface area contributed by atoms with E-state index in [2.05, 4.69) is 27.3 Å². The van der Waals surface area contributed by atoms with Crippen molar-refractivity contribution < 1.29 is 0 Å². The van der Waals surface area contributed by atoms with Crippen LogP contribution in [-0.2, 0) is 12.8 Å². The molecule has 0 aliphatic heterocycles. The molecule has 0 saturated carbocycles. The van der Waals surface area contributed by atoms with Crippen molar-refractivity contribution in [3.05, 3.63) is 30.1 Å². The Morgan fingerprint density at radius 3 is 2.71 bits per heavy atom. The van der Waals surface area contributed by atoms with Crippen LogP contribution in [0.2, 0.25) is 0 Å². The third kappa shape index (κ3) is 1.99. The average molecular weight is 232 g/mol. The lowest BCUT2D eigenvalue weighted by Gasteiger charge is -2.12. The molecule has 0 aliphatic rings. The van der Waals surface area contributed by atoms with E-state index in [9.17, 15) is 0 Å².